The third kappa shape index (κ3) is 3.79. The third-order valence-electron chi connectivity index (χ3n) is 6.83. The standard InChI is InChI=1S/C25H30N2O3/c1-17(22-5-4-6-23-24(22)30-16-29-23)26-21-12-11-20(15-21)18-7-9-19(10-8-18)25(28)27-13-2-3-14-27/h4-10,17,20-21,26H,2-3,11-16H2,1H3. The van der Waals surface area contributed by atoms with E-state index in [-0.39, 0.29) is 11.9 Å². The molecular formula is C25H30N2O3. The highest BCUT2D eigenvalue weighted by atomic mass is 16.7. The molecular weight excluding hydrogens is 376 g/mol. The number of benzene rings is 2. The summed E-state index contributed by atoms with van der Waals surface area (Å²) < 4.78 is 11.2. The van der Waals surface area contributed by atoms with Gasteiger partial charge in [0.05, 0.1) is 0 Å². The van der Waals surface area contributed by atoms with Crippen molar-refractivity contribution in [2.45, 2.75) is 57.0 Å². The van der Waals surface area contributed by atoms with E-state index in [1.165, 1.54) is 17.5 Å². The minimum absolute atomic E-state index is 0.181. The van der Waals surface area contributed by atoms with E-state index in [0.717, 1.165) is 55.8 Å². The molecule has 30 heavy (non-hydrogen) atoms. The lowest BCUT2D eigenvalue weighted by Crippen LogP contribution is -2.29. The number of amides is 1. The van der Waals surface area contributed by atoms with Crippen molar-refractivity contribution in [1.29, 1.82) is 0 Å². The molecule has 1 amide bonds. The SMILES string of the molecule is CC(NC1CCC(c2ccc(C(=O)N3CCCC3)cc2)C1)c1cccc2c1OCO2. The van der Waals surface area contributed by atoms with Crippen LogP contribution in [0.4, 0.5) is 0 Å². The maximum Gasteiger partial charge on any atom is 0.253 e. The average molecular weight is 407 g/mol. The molecule has 2 aromatic carbocycles. The van der Waals surface area contributed by atoms with E-state index in [1.54, 1.807) is 0 Å². The number of nitrogens with zero attached hydrogens (tertiary/aromatic N) is 1. The van der Waals surface area contributed by atoms with E-state index in [9.17, 15) is 4.79 Å². The van der Waals surface area contributed by atoms with Crippen LogP contribution in [-0.4, -0.2) is 36.7 Å². The predicted octanol–water partition coefficient (Wildman–Crippen LogP) is 4.64. The van der Waals surface area contributed by atoms with Crippen LogP contribution in [0.15, 0.2) is 42.5 Å². The van der Waals surface area contributed by atoms with Crippen LogP contribution in [0.3, 0.4) is 0 Å². The minimum atomic E-state index is 0.181. The van der Waals surface area contributed by atoms with Crippen LogP contribution in [0.1, 0.15) is 72.5 Å². The summed E-state index contributed by atoms with van der Waals surface area (Å²) in [6.07, 6.45) is 5.72. The van der Waals surface area contributed by atoms with Crippen molar-refractivity contribution in [3.63, 3.8) is 0 Å². The number of nitrogens with one attached hydrogen (secondary N) is 1. The fraction of sp³-hybridized carbons (Fsp3) is 0.480. The van der Waals surface area contributed by atoms with Gasteiger partial charge in [-0.3, -0.25) is 4.79 Å². The van der Waals surface area contributed by atoms with Gasteiger partial charge in [0.25, 0.3) is 5.91 Å². The zero-order valence-electron chi connectivity index (χ0n) is 17.6. The van der Waals surface area contributed by atoms with Gasteiger partial charge >= 0.3 is 0 Å². The number of rotatable bonds is 5. The van der Waals surface area contributed by atoms with E-state index in [4.69, 9.17) is 9.47 Å². The highest BCUT2D eigenvalue weighted by Crippen LogP contribution is 2.40. The summed E-state index contributed by atoms with van der Waals surface area (Å²) in [5.74, 6) is 2.45. The van der Waals surface area contributed by atoms with Gasteiger partial charge in [-0.1, -0.05) is 24.3 Å². The number of ether oxygens (including phenoxy) is 2. The summed E-state index contributed by atoms with van der Waals surface area (Å²) in [6.45, 7) is 4.30. The maximum atomic E-state index is 12.6. The molecule has 5 rings (SSSR count). The summed E-state index contributed by atoms with van der Waals surface area (Å²) in [5, 5.41) is 3.79. The molecule has 2 aromatic rings. The second-order valence-corrected chi connectivity index (χ2v) is 8.80. The van der Waals surface area contributed by atoms with Crippen LogP contribution in [0, 0.1) is 0 Å². The Bertz CT molecular complexity index is 905. The Labute approximate surface area is 178 Å². The lowest BCUT2D eigenvalue weighted by molar-refractivity contribution is 0.0793. The van der Waals surface area contributed by atoms with Gasteiger partial charge in [0.1, 0.15) is 0 Å². The van der Waals surface area contributed by atoms with Crippen molar-refractivity contribution >= 4 is 5.91 Å². The van der Waals surface area contributed by atoms with Crippen LogP contribution in [0.25, 0.3) is 0 Å². The monoisotopic (exact) mass is 406 g/mol. The van der Waals surface area contributed by atoms with Crippen LogP contribution < -0.4 is 14.8 Å². The lowest BCUT2D eigenvalue weighted by Gasteiger charge is -2.21. The number of hydrogen-bond donors (Lipinski definition) is 1. The van der Waals surface area contributed by atoms with Crippen LogP contribution in [-0.2, 0) is 0 Å². The lowest BCUT2D eigenvalue weighted by atomic mass is 9.96. The minimum Gasteiger partial charge on any atom is -0.454 e. The van der Waals surface area contributed by atoms with E-state index in [2.05, 4.69) is 30.4 Å². The Kier molecular flexibility index (Phi) is 5.38. The van der Waals surface area contributed by atoms with Gasteiger partial charge in [0.15, 0.2) is 11.5 Å². The van der Waals surface area contributed by atoms with Crippen molar-refractivity contribution in [2.24, 2.45) is 0 Å². The Morgan fingerprint density at radius 1 is 1.07 bits per heavy atom. The first-order valence-electron chi connectivity index (χ1n) is 11.2. The normalized spacial score (nSPS) is 23.7. The van der Waals surface area contributed by atoms with Gasteiger partial charge in [-0.05, 0) is 68.7 Å². The highest BCUT2D eigenvalue weighted by molar-refractivity contribution is 5.94. The van der Waals surface area contributed by atoms with Gasteiger partial charge in [-0.15, -0.1) is 0 Å². The largest absolute Gasteiger partial charge is 0.454 e. The molecule has 1 N–H and O–H groups in total. The molecule has 0 radical (unpaired) electrons. The maximum absolute atomic E-state index is 12.6. The van der Waals surface area contributed by atoms with Gasteiger partial charge in [-0.25, -0.2) is 0 Å². The molecule has 2 heterocycles. The molecule has 5 nitrogen and oxygen atoms in total. The smallest absolute Gasteiger partial charge is 0.253 e. The molecule has 3 unspecified atom stereocenters. The Morgan fingerprint density at radius 2 is 1.87 bits per heavy atom. The molecule has 2 aliphatic heterocycles. The van der Waals surface area contributed by atoms with Crippen LogP contribution >= 0.6 is 0 Å². The number of fused-ring (bicyclic) bond motifs is 1. The predicted molar refractivity (Wildman–Crippen MR) is 116 cm³/mol. The summed E-state index contributed by atoms with van der Waals surface area (Å²) in [7, 11) is 0. The van der Waals surface area contributed by atoms with E-state index < -0.39 is 0 Å². The van der Waals surface area contributed by atoms with Crippen LogP contribution in [0.5, 0.6) is 11.5 Å². The Balaban J connectivity index is 1.20. The van der Waals surface area contributed by atoms with Crippen molar-refractivity contribution < 1.29 is 14.3 Å². The second-order valence-electron chi connectivity index (χ2n) is 8.80. The molecule has 1 aliphatic carbocycles. The topological polar surface area (TPSA) is 50.8 Å². The quantitative estimate of drug-likeness (QED) is 0.786. The van der Waals surface area contributed by atoms with Crippen molar-refractivity contribution in [1.82, 2.24) is 10.2 Å². The number of hydrogen-bond acceptors (Lipinski definition) is 4. The van der Waals surface area contributed by atoms with Crippen molar-refractivity contribution in [3.05, 3.63) is 59.2 Å². The average Bonchev–Trinajstić information content (AvgIpc) is 3.54. The van der Waals surface area contributed by atoms with E-state index in [1.807, 2.05) is 29.2 Å². The molecule has 1 saturated carbocycles. The summed E-state index contributed by atoms with van der Waals surface area (Å²) in [5.41, 5.74) is 3.34. The Hall–Kier alpha value is -2.53. The zero-order valence-corrected chi connectivity index (χ0v) is 17.6. The number of carbonyl (C=O) groups is 1. The molecule has 1 saturated heterocycles. The fourth-order valence-corrected chi connectivity index (χ4v) is 5.17. The van der Waals surface area contributed by atoms with Gasteiger partial charge < -0.3 is 19.7 Å². The van der Waals surface area contributed by atoms with Crippen LogP contribution in [0.2, 0.25) is 0 Å². The summed E-state index contributed by atoms with van der Waals surface area (Å²) in [4.78, 5) is 14.5. The summed E-state index contributed by atoms with van der Waals surface area (Å²) in [6, 6.07) is 15.2. The molecule has 0 spiro atoms. The fourth-order valence-electron chi connectivity index (χ4n) is 5.17. The molecule has 2 fully saturated rings. The molecule has 3 aliphatic rings. The second kappa shape index (κ2) is 8.31. The van der Waals surface area contributed by atoms with E-state index >= 15 is 0 Å². The first kappa shape index (κ1) is 19.4. The zero-order chi connectivity index (χ0) is 20.5. The van der Waals surface area contributed by atoms with Gasteiger partial charge in [0.2, 0.25) is 6.79 Å². The third-order valence-corrected chi connectivity index (χ3v) is 6.83. The molecule has 0 bridgehead atoms. The highest BCUT2D eigenvalue weighted by Gasteiger charge is 2.29. The van der Waals surface area contributed by atoms with Gasteiger partial charge in [0, 0.05) is 36.3 Å². The number of carbonyl (C=O) groups excluding carboxylic acids is 1. The summed E-state index contributed by atoms with van der Waals surface area (Å²) >= 11 is 0. The van der Waals surface area contributed by atoms with E-state index in [0.29, 0.717) is 18.8 Å². The molecule has 0 aromatic heterocycles. The number of likely N-dealkylation sites (tertiary alicyclic amines) is 1. The first-order chi connectivity index (χ1) is 14.7. The molecule has 3 atom stereocenters. The Morgan fingerprint density at radius 3 is 2.67 bits per heavy atom. The number of para-hydroxylation sites is 1. The van der Waals surface area contributed by atoms with Gasteiger partial charge in [-0.2, -0.15) is 0 Å². The first-order valence-corrected chi connectivity index (χ1v) is 11.2. The van der Waals surface area contributed by atoms with Crippen molar-refractivity contribution in [2.75, 3.05) is 19.9 Å². The van der Waals surface area contributed by atoms with Crippen molar-refractivity contribution in [3.8, 4) is 11.5 Å². The molecule has 5 heteroatoms. The molecule has 158 valence electrons.